The van der Waals surface area contributed by atoms with Gasteiger partial charge in [-0.2, -0.15) is 0 Å². The molecule has 45 heavy (non-hydrogen) atoms. The zero-order chi connectivity index (χ0) is 32.8. The molecule has 4 aromatic carbocycles. The van der Waals surface area contributed by atoms with Crippen molar-refractivity contribution in [3.8, 4) is 0 Å². The molecule has 0 spiro atoms. The first-order valence-electron chi connectivity index (χ1n) is 14.5. The van der Waals surface area contributed by atoms with Gasteiger partial charge in [-0.25, -0.2) is 8.42 Å². The van der Waals surface area contributed by atoms with Crippen LogP contribution >= 0.6 is 23.2 Å². The highest BCUT2D eigenvalue weighted by molar-refractivity contribution is 7.92. The summed E-state index contributed by atoms with van der Waals surface area (Å²) in [5.41, 5.74) is 2.20. The summed E-state index contributed by atoms with van der Waals surface area (Å²) >= 11 is 12.4. The molecule has 1 N–H and O–H groups in total. The van der Waals surface area contributed by atoms with Crippen molar-refractivity contribution in [2.45, 2.75) is 57.1 Å². The van der Waals surface area contributed by atoms with Crippen LogP contribution in [0.15, 0.2) is 108 Å². The lowest BCUT2D eigenvalue weighted by Gasteiger charge is -2.35. The highest BCUT2D eigenvalue weighted by atomic mass is 35.5. The summed E-state index contributed by atoms with van der Waals surface area (Å²) in [5.74, 6) is -0.915. The molecule has 0 saturated heterocycles. The highest BCUT2D eigenvalue weighted by Gasteiger charge is 2.35. The van der Waals surface area contributed by atoms with Gasteiger partial charge in [0.15, 0.2) is 0 Å². The maximum absolute atomic E-state index is 14.5. The molecule has 0 radical (unpaired) electrons. The fraction of sp³-hybridized carbons (Fsp3) is 0.257. The standard InChI is InChI=1S/C35H37Cl2N3O4S/c1-25-13-17-30(18-14-25)40(45(43,44)31-19-15-28(36)16-20-31)24-33(41)39(23-27-11-8-12-29(37)21-27)32(34(42)38-35(2,3)4)22-26-9-6-5-7-10-26/h5-21,32H,22-24H2,1-4H3,(H,38,42). The lowest BCUT2D eigenvalue weighted by molar-refractivity contribution is -0.140. The minimum atomic E-state index is -4.22. The van der Waals surface area contributed by atoms with E-state index in [2.05, 4.69) is 5.32 Å². The number of hydrogen-bond acceptors (Lipinski definition) is 4. The van der Waals surface area contributed by atoms with Crippen molar-refractivity contribution in [3.63, 3.8) is 0 Å². The number of carbonyl (C=O) groups is 2. The third-order valence-electron chi connectivity index (χ3n) is 7.01. The smallest absolute Gasteiger partial charge is 0.264 e. The molecule has 0 bridgehead atoms. The first-order valence-corrected chi connectivity index (χ1v) is 16.7. The van der Waals surface area contributed by atoms with Crippen LogP contribution in [0.25, 0.3) is 0 Å². The van der Waals surface area contributed by atoms with Gasteiger partial charge in [-0.05, 0) is 87.4 Å². The predicted octanol–water partition coefficient (Wildman–Crippen LogP) is 7.05. The summed E-state index contributed by atoms with van der Waals surface area (Å²) < 4.78 is 29.2. The van der Waals surface area contributed by atoms with Gasteiger partial charge < -0.3 is 10.2 Å². The van der Waals surface area contributed by atoms with E-state index in [-0.39, 0.29) is 23.8 Å². The van der Waals surface area contributed by atoms with E-state index in [9.17, 15) is 18.0 Å². The molecule has 0 heterocycles. The number of sulfonamides is 1. The van der Waals surface area contributed by atoms with E-state index in [0.29, 0.717) is 21.3 Å². The predicted molar refractivity (Wildman–Crippen MR) is 181 cm³/mol. The number of nitrogens with zero attached hydrogens (tertiary/aromatic N) is 2. The molecule has 0 fully saturated rings. The normalized spacial score (nSPS) is 12.3. The second-order valence-corrected chi connectivity index (χ2v) is 14.6. The first-order chi connectivity index (χ1) is 21.2. The average Bonchev–Trinajstić information content (AvgIpc) is 2.98. The molecule has 1 unspecified atom stereocenters. The van der Waals surface area contributed by atoms with Crippen LogP contribution in [0.3, 0.4) is 0 Å². The van der Waals surface area contributed by atoms with Crippen LogP contribution in [0.4, 0.5) is 5.69 Å². The Bertz CT molecular complexity index is 1720. The Balaban J connectivity index is 1.81. The molecule has 0 aliphatic rings. The molecule has 0 aliphatic heterocycles. The molecular weight excluding hydrogens is 629 g/mol. The maximum atomic E-state index is 14.5. The van der Waals surface area contributed by atoms with Crippen LogP contribution in [0.2, 0.25) is 10.0 Å². The van der Waals surface area contributed by atoms with Crippen LogP contribution in [-0.4, -0.2) is 43.3 Å². The number of carbonyl (C=O) groups excluding carboxylic acids is 2. The van der Waals surface area contributed by atoms with Crippen LogP contribution < -0.4 is 9.62 Å². The number of aryl methyl sites for hydroxylation is 1. The molecule has 10 heteroatoms. The summed E-state index contributed by atoms with van der Waals surface area (Å²) in [6.45, 7) is 6.96. The van der Waals surface area contributed by atoms with Crippen LogP contribution in [-0.2, 0) is 32.6 Å². The Kier molecular flexibility index (Phi) is 11.0. The zero-order valence-corrected chi connectivity index (χ0v) is 28.0. The molecule has 0 aromatic heterocycles. The van der Waals surface area contributed by atoms with Gasteiger partial charge in [0.05, 0.1) is 10.6 Å². The van der Waals surface area contributed by atoms with Gasteiger partial charge in [0.2, 0.25) is 11.8 Å². The van der Waals surface area contributed by atoms with E-state index < -0.39 is 34.1 Å². The van der Waals surface area contributed by atoms with Gasteiger partial charge in [-0.15, -0.1) is 0 Å². The van der Waals surface area contributed by atoms with E-state index in [1.54, 1.807) is 42.5 Å². The number of hydrogen-bond donors (Lipinski definition) is 1. The molecule has 4 aromatic rings. The van der Waals surface area contributed by atoms with Gasteiger partial charge >= 0.3 is 0 Å². The molecule has 1 atom stereocenters. The molecule has 2 amide bonds. The summed E-state index contributed by atoms with van der Waals surface area (Å²) in [6.07, 6.45) is 0.212. The monoisotopic (exact) mass is 665 g/mol. The topological polar surface area (TPSA) is 86.8 Å². The van der Waals surface area contributed by atoms with Crippen molar-refractivity contribution in [3.05, 3.63) is 130 Å². The minimum absolute atomic E-state index is 0.0204. The van der Waals surface area contributed by atoms with Crippen molar-refractivity contribution in [1.29, 1.82) is 0 Å². The molecule has 236 valence electrons. The summed E-state index contributed by atoms with van der Waals surface area (Å²) in [7, 11) is -4.22. The van der Waals surface area contributed by atoms with Crippen molar-refractivity contribution < 1.29 is 18.0 Å². The van der Waals surface area contributed by atoms with E-state index in [1.807, 2.05) is 64.1 Å². The summed E-state index contributed by atoms with van der Waals surface area (Å²) in [4.78, 5) is 29.9. The van der Waals surface area contributed by atoms with Gasteiger partial charge in [-0.1, -0.05) is 83.4 Å². The second kappa shape index (κ2) is 14.5. The lowest BCUT2D eigenvalue weighted by atomic mass is 10.0. The number of halogens is 2. The molecule has 4 rings (SSSR count). The third kappa shape index (κ3) is 9.33. The SMILES string of the molecule is Cc1ccc(N(CC(=O)N(Cc2cccc(Cl)c2)C(Cc2ccccc2)C(=O)NC(C)(C)C)S(=O)(=O)c2ccc(Cl)cc2)cc1. The van der Waals surface area contributed by atoms with Crippen LogP contribution in [0.1, 0.15) is 37.5 Å². The maximum Gasteiger partial charge on any atom is 0.264 e. The molecular formula is C35H37Cl2N3O4S. The average molecular weight is 667 g/mol. The largest absolute Gasteiger partial charge is 0.350 e. The van der Waals surface area contributed by atoms with Crippen molar-refractivity contribution in [2.24, 2.45) is 0 Å². The third-order valence-corrected chi connectivity index (χ3v) is 9.29. The van der Waals surface area contributed by atoms with E-state index in [0.717, 1.165) is 15.4 Å². The lowest BCUT2D eigenvalue weighted by Crippen LogP contribution is -2.56. The Labute approximate surface area is 275 Å². The van der Waals surface area contributed by atoms with E-state index >= 15 is 0 Å². The molecule has 0 aliphatic carbocycles. The fourth-order valence-electron chi connectivity index (χ4n) is 4.81. The molecule has 0 saturated carbocycles. The van der Waals surface area contributed by atoms with Gasteiger partial charge in [-0.3, -0.25) is 13.9 Å². The van der Waals surface area contributed by atoms with Gasteiger partial charge in [0.1, 0.15) is 12.6 Å². The van der Waals surface area contributed by atoms with Crippen molar-refractivity contribution in [1.82, 2.24) is 10.2 Å². The number of rotatable bonds is 11. The number of nitrogens with one attached hydrogen (secondary N) is 1. The number of amides is 2. The Morgan fingerprint density at radius 3 is 2.02 bits per heavy atom. The quantitative estimate of drug-likeness (QED) is 0.186. The summed E-state index contributed by atoms with van der Waals surface area (Å²) in [5, 5.41) is 3.88. The van der Waals surface area contributed by atoms with E-state index in [4.69, 9.17) is 23.2 Å². The van der Waals surface area contributed by atoms with E-state index in [1.165, 1.54) is 29.2 Å². The van der Waals surface area contributed by atoms with Crippen molar-refractivity contribution >= 4 is 50.7 Å². The summed E-state index contributed by atoms with van der Waals surface area (Å²) in [6, 6.07) is 28.1. The minimum Gasteiger partial charge on any atom is -0.350 e. The molecule has 7 nitrogen and oxygen atoms in total. The van der Waals surface area contributed by atoms with Crippen LogP contribution in [0, 0.1) is 6.92 Å². The highest BCUT2D eigenvalue weighted by Crippen LogP contribution is 2.27. The number of anilines is 1. The zero-order valence-electron chi connectivity index (χ0n) is 25.7. The van der Waals surface area contributed by atoms with Gasteiger partial charge in [0.25, 0.3) is 10.0 Å². The Hall–Kier alpha value is -3.85. The Morgan fingerprint density at radius 2 is 1.42 bits per heavy atom. The number of benzene rings is 4. The second-order valence-electron chi connectivity index (χ2n) is 11.9. The van der Waals surface area contributed by atoms with Gasteiger partial charge in [0, 0.05) is 28.5 Å². The van der Waals surface area contributed by atoms with Crippen LogP contribution in [0.5, 0.6) is 0 Å². The van der Waals surface area contributed by atoms with Crippen molar-refractivity contribution in [2.75, 3.05) is 10.8 Å². The first kappa shape index (κ1) is 34.0. The fourth-order valence-corrected chi connectivity index (χ4v) is 6.57. The Morgan fingerprint density at radius 1 is 0.800 bits per heavy atom.